The standard InChI is InChI=1S/C19H23ClN4O2/c1-13(19(26)22-17-7-6-16(20)10-21-17)24-9-3-4-14(12-24)15-5-8-18(25)23(2)11-15/h5-8,10-11,13-14H,3-4,9,12H2,1-2H3,(H,21,22,26). The molecule has 0 aromatic carbocycles. The summed E-state index contributed by atoms with van der Waals surface area (Å²) >= 11 is 5.82. The zero-order valence-corrected chi connectivity index (χ0v) is 15.7. The van der Waals surface area contributed by atoms with E-state index in [1.807, 2.05) is 19.2 Å². The Hall–Kier alpha value is -2.18. The second-order valence-electron chi connectivity index (χ2n) is 6.77. The molecule has 0 aliphatic carbocycles. The normalized spacial score (nSPS) is 19.1. The van der Waals surface area contributed by atoms with Crippen LogP contribution in [0.1, 0.15) is 31.2 Å². The molecule has 0 bridgehead atoms. The van der Waals surface area contributed by atoms with Crippen molar-refractivity contribution in [2.45, 2.75) is 31.7 Å². The van der Waals surface area contributed by atoms with Crippen LogP contribution in [0.5, 0.6) is 0 Å². The summed E-state index contributed by atoms with van der Waals surface area (Å²) < 4.78 is 1.61. The van der Waals surface area contributed by atoms with Crippen molar-refractivity contribution in [3.63, 3.8) is 0 Å². The van der Waals surface area contributed by atoms with Crippen LogP contribution < -0.4 is 10.9 Å². The number of aromatic nitrogens is 2. The fourth-order valence-corrected chi connectivity index (χ4v) is 3.45. The molecular weight excluding hydrogens is 352 g/mol. The monoisotopic (exact) mass is 374 g/mol. The van der Waals surface area contributed by atoms with Crippen molar-refractivity contribution in [3.8, 4) is 0 Å². The van der Waals surface area contributed by atoms with E-state index in [1.54, 1.807) is 29.8 Å². The largest absolute Gasteiger partial charge is 0.318 e. The summed E-state index contributed by atoms with van der Waals surface area (Å²) in [6.45, 7) is 3.58. The first-order valence-corrected chi connectivity index (χ1v) is 9.15. The molecule has 3 rings (SSSR count). The topological polar surface area (TPSA) is 67.2 Å². The number of likely N-dealkylation sites (tertiary alicyclic amines) is 1. The van der Waals surface area contributed by atoms with Crippen LogP contribution in [-0.2, 0) is 11.8 Å². The van der Waals surface area contributed by atoms with Crippen molar-refractivity contribution < 1.29 is 4.79 Å². The number of rotatable bonds is 4. The van der Waals surface area contributed by atoms with Gasteiger partial charge in [-0.25, -0.2) is 4.98 Å². The Labute approximate surface area is 157 Å². The van der Waals surface area contributed by atoms with Gasteiger partial charge >= 0.3 is 0 Å². The maximum absolute atomic E-state index is 12.6. The van der Waals surface area contributed by atoms with Gasteiger partial charge in [-0.3, -0.25) is 14.5 Å². The Morgan fingerprint density at radius 3 is 2.85 bits per heavy atom. The quantitative estimate of drug-likeness (QED) is 0.893. The van der Waals surface area contributed by atoms with Crippen LogP contribution in [0.4, 0.5) is 5.82 Å². The summed E-state index contributed by atoms with van der Waals surface area (Å²) in [7, 11) is 1.77. The molecule has 0 saturated carbocycles. The number of amides is 1. The Balaban J connectivity index is 1.66. The van der Waals surface area contributed by atoms with Crippen LogP contribution >= 0.6 is 11.6 Å². The van der Waals surface area contributed by atoms with E-state index in [1.165, 1.54) is 6.20 Å². The highest BCUT2D eigenvalue weighted by molar-refractivity contribution is 6.30. The third-order valence-electron chi connectivity index (χ3n) is 4.94. The second kappa shape index (κ2) is 8.01. The van der Waals surface area contributed by atoms with Gasteiger partial charge < -0.3 is 9.88 Å². The molecule has 0 spiro atoms. The number of hydrogen-bond donors (Lipinski definition) is 1. The third-order valence-corrected chi connectivity index (χ3v) is 5.16. The molecule has 0 radical (unpaired) electrons. The minimum absolute atomic E-state index is 0.00961. The number of piperidine rings is 1. The van der Waals surface area contributed by atoms with Crippen molar-refractivity contribution in [3.05, 3.63) is 57.6 Å². The SMILES string of the molecule is CC(C(=O)Nc1ccc(Cl)cn1)N1CCCC(c2ccc(=O)n(C)c2)C1. The zero-order valence-electron chi connectivity index (χ0n) is 15.0. The van der Waals surface area contributed by atoms with Gasteiger partial charge in [-0.2, -0.15) is 0 Å². The van der Waals surface area contributed by atoms with Gasteiger partial charge in [-0.15, -0.1) is 0 Å². The van der Waals surface area contributed by atoms with Gasteiger partial charge in [0.15, 0.2) is 0 Å². The van der Waals surface area contributed by atoms with Crippen LogP contribution in [0.25, 0.3) is 0 Å². The van der Waals surface area contributed by atoms with Crippen LogP contribution in [0.3, 0.4) is 0 Å². The van der Waals surface area contributed by atoms with E-state index in [9.17, 15) is 9.59 Å². The van der Waals surface area contributed by atoms with Crippen molar-refractivity contribution in [1.29, 1.82) is 0 Å². The number of halogens is 1. The minimum atomic E-state index is -0.261. The first-order chi connectivity index (χ1) is 12.4. The number of carbonyl (C=O) groups is 1. The second-order valence-corrected chi connectivity index (χ2v) is 7.21. The number of nitrogens with zero attached hydrogens (tertiary/aromatic N) is 3. The predicted molar refractivity (Wildman–Crippen MR) is 103 cm³/mol. The lowest BCUT2D eigenvalue weighted by atomic mass is 9.91. The van der Waals surface area contributed by atoms with E-state index in [-0.39, 0.29) is 17.5 Å². The summed E-state index contributed by atoms with van der Waals surface area (Å²) in [5, 5.41) is 3.38. The molecule has 2 aromatic heterocycles. The number of hydrogen-bond acceptors (Lipinski definition) is 4. The molecule has 1 aliphatic heterocycles. The number of pyridine rings is 2. The summed E-state index contributed by atoms with van der Waals surface area (Å²) in [5.41, 5.74) is 1.13. The van der Waals surface area contributed by atoms with Crippen LogP contribution in [0.2, 0.25) is 5.02 Å². The van der Waals surface area contributed by atoms with Crippen LogP contribution in [-0.4, -0.2) is 39.5 Å². The smallest absolute Gasteiger partial charge is 0.250 e. The molecule has 3 heterocycles. The van der Waals surface area contributed by atoms with E-state index in [0.29, 0.717) is 16.8 Å². The number of aryl methyl sites for hydroxylation is 1. The van der Waals surface area contributed by atoms with Crippen molar-refractivity contribution >= 4 is 23.3 Å². The summed E-state index contributed by atoms with van der Waals surface area (Å²) in [4.78, 5) is 30.5. The zero-order chi connectivity index (χ0) is 18.7. The molecule has 138 valence electrons. The average molecular weight is 375 g/mol. The highest BCUT2D eigenvalue weighted by Gasteiger charge is 2.28. The number of nitrogens with one attached hydrogen (secondary N) is 1. The maximum atomic E-state index is 12.6. The molecule has 1 aliphatic rings. The van der Waals surface area contributed by atoms with Gasteiger partial charge in [-0.05, 0) is 49.9 Å². The average Bonchev–Trinajstić information content (AvgIpc) is 2.65. The summed E-state index contributed by atoms with van der Waals surface area (Å²) in [6, 6.07) is 6.64. The van der Waals surface area contributed by atoms with Gasteiger partial charge in [0.2, 0.25) is 11.5 Å². The molecular formula is C19H23ClN4O2. The van der Waals surface area contributed by atoms with Crippen LogP contribution in [0.15, 0.2) is 41.5 Å². The third kappa shape index (κ3) is 4.31. The molecule has 6 nitrogen and oxygen atoms in total. The number of carbonyl (C=O) groups excluding carboxylic acids is 1. The molecule has 1 fully saturated rings. The molecule has 2 atom stereocenters. The van der Waals surface area contributed by atoms with Gasteiger partial charge in [0.05, 0.1) is 11.1 Å². The van der Waals surface area contributed by atoms with E-state index in [4.69, 9.17) is 11.6 Å². The Morgan fingerprint density at radius 2 is 2.15 bits per heavy atom. The molecule has 1 amide bonds. The van der Waals surface area contributed by atoms with Gasteiger partial charge in [0, 0.05) is 32.1 Å². The van der Waals surface area contributed by atoms with E-state index in [0.717, 1.165) is 31.5 Å². The fraction of sp³-hybridized carbons (Fsp3) is 0.421. The van der Waals surface area contributed by atoms with E-state index >= 15 is 0 Å². The van der Waals surface area contributed by atoms with Crippen molar-refractivity contribution in [2.24, 2.45) is 7.05 Å². The first-order valence-electron chi connectivity index (χ1n) is 8.77. The first kappa shape index (κ1) is 18.6. The van der Waals surface area contributed by atoms with Gasteiger partial charge in [0.1, 0.15) is 5.82 Å². The minimum Gasteiger partial charge on any atom is -0.318 e. The maximum Gasteiger partial charge on any atom is 0.250 e. The molecule has 2 aromatic rings. The molecule has 2 unspecified atom stereocenters. The Bertz CT molecular complexity index is 834. The Kier molecular flexibility index (Phi) is 5.74. The van der Waals surface area contributed by atoms with E-state index < -0.39 is 0 Å². The molecule has 1 N–H and O–H groups in total. The Morgan fingerprint density at radius 1 is 1.35 bits per heavy atom. The highest BCUT2D eigenvalue weighted by Crippen LogP contribution is 2.27. The lowest BCUT2D eigenvalue weighted by molar-refractivity contribution is -0.121. The predicted octanol–water partition coefficient (Wildman–Crippen LogP) is 2.64. The lowest BCUT2D eigenvalue weighted by Gasteiger charge is -2.36. The van der Waals surface area contributed by atoms with Crippen molar-refractivity contribution in [2.75, 3.05) is 18.4 Å². The molecule has 1 saturated heterocycles. The van der Waals surface area contributed by atoms with Crippen LogP contribution in [0, 0.1) is 0 Å². The van der Waals surface area contributed by atoms with E-state index in [2.05, 4.69) is 15.2 Å². The van der Waals surface area contributed by atoms with Gasteiger partial charge in [-0.1, -0.05) is 17.7 Å². The molecule has 7 heteroatoms. The van der Waals surface area contributed by atoms with Crippen molar-refractivity contribution in [1.82, 2.24) is 14.5 Å². The summed E-state index contributed by atoms with van der Waals surface area (Å²) in [5.74, 6) is 0.734. The number of anilines is 1. The summed E-state index contributed by atoms with van der Waals surface area (Å²) in [6.07, 6.45) is 5.49. The van der Waals surface area contributed by atoms with Gasteiger partial charge in [0.25, 0.3) is 0 Å². The lowest BCUT2D eigenvalue weighted by Crippen LogP contribution is -2.46. The highest BCUT2D eigenvalue weighted by atomic mass is 35.5. The molecule has 26 heavy (non-hydrogen) atoms. The fourth-order valence-electron chi connectivity index (χ4n) is 3.33.